The van der Waals surface area contributed by atoms with Crippen molar-refractivity contribution in [3.05, 3.63) is 76.8 Å². The van der Waals surface area contributed by atoms with Gasteiger partial charge in [-0.25, -0.2) is 0 Å². The van der Waals surface area contributed by atoms with Crippen LogP contribution in [0.3, 0.4) is 0 Å². The monoisotopic (exact) mass is 517 g/mol. The van der Waals surface area contributed by atoms with E-state index in [0.717, 1.165) is 10.0 Å². The minimum atomic E-state index is -4.60. The van der Waals surface area contributed by atoms with Crippen LogP contribution in [0, 0.1) is 0 Å². The van der Waals surface area contributed by atoms with Crippen molar-refractivity contribution in [2.24, 2.45) is 0 Å². The van der Waals surface area contributed by atoms with Crippen LogP contribution in [0.4, 0.5) is 11.4 Å². The lowest BCUT2D eigenvalue weighted by atomic mass is 10.3. The number of halogens is 2. The number of hydrogen-bond acceptors (Lipinski definition) is 6. The van der Waals surface area contributed by atoms with Crippen LogP contribution < -0.4 is 10.5 Å². The highest BCUT2D eigenvalue weighted by atomic mass is 35.5. The Labute approximate surface area is 197 Å². The summed E-state index contributed by atoms with van der Waals surface area (Å²) in [6, 6.07) is 17.3. The zero-order valence-corrected chi connectivity index (χ0v) is 19.8. The van der Waals surface area contributed by atoms with E-state index in [9.17, 15) is 21.4 Å². The van der Waals surface area contributed by atoms with Gasteiger partial charge >= 0.3 is 10.5 Å². The summed E-state index contributed by atoms with van der Waals surface area (Å²) >= 11 is 11.2. The number of ether oxygens (including phenoxy) is 1. The SMILES string of the molecule is CC[N+](c1ccc(Oc2ccccc2)c(S(=O)(=O)O)c1)=S(=O)=O.Nc1c(Cl)cccc1Cl. The zero-order valence-electron chi connectivity index (χ0n) is 16.6. The van der Waals surface area contributed by atoms with Gasteiger partial charge in [0.05, 0.1) is 15.7 Å². The molecule has 0 spiro atoms. The highest BCUT2D eigenvalue weighted by Crippen LogP contribution is 2.32. The molecule has 170 valence electrons. The summed E-state index contributed by atoms with van der Waals surface area (Å²) in [7, 11) is -7.16. The average Bonchev–Trinajstić information content (AvgIpc) is 2.73. The van der Waals surface area contributed by atoms with Gasteiger partial charge in [-0.2, -0.15) is 8.42 Å². The second-order valence-electron chi connectivity index (χ2n) is 6.07. The molecular weight excluding hydrogens is 499 g/mol. The lowest BCUT2D eigenvalue weighted by Gasteiger charge is -2.09. The summed E-state index contributed by atoms with van der Waals surface area (Å²) in [6.07, 6.45) is 0. The normalized spacial score (nSPS) is 10.6. The van der Waals surface area contributed by atoms with Crippen LogP contribution in [0.5, 0.6) is 11.5 Å². The smallest absolute Gasteiger partial charge is 0.456 e. The van der Waals surface area contributed by atoms with Crippen molar-refractivity contribution in [3.8, 4) is 11.5 Å². The zero-order chi connectivity index (χ0) is 23.9. The largest absolute Gasteiger partial charge is 0.465 e. The Morgan fingerprint density at radius 1 is 1.00 bits per heavy atom. The molecule has 3 aromatic carbocycles. The van der Waals surface area contributed by atoms with Gasteiger partial charge in [-0.1, -0.05) is 51.4 Å². The minimum Gasteiger partial charge on any atom is -0.456 e. The first-order valence-corrected chi connectivity index (χ1v) is 12.2. The van der Waals surface area contributed by atoms with Crippen LogP contribution in [0.2, 0.25) is 10.0 Å². The molecule has 0 heterocycles. The van der Waals surface area contributed by atoms with Crippen molar-refractivity contribution in [2.45, 2.75) is 11.8 Å². The Morgan fingerprint density at radius 2 is 1.59 bits per heavy atom. The Kier molecular flexibility index (Phi) is 9.05. The number of hydrogen-bond donors (Lipinski definition) is 2. The third-order valence-corrected chi connectivity index (χ3v) is 6.29. The van der Waals surface area contributed by atoms with E-state index in [-0.39, 0.29) is 18.0 Å². The number of benzene rings is 3. The molecular formula is C20H19Cl2N2O6S2+. The van der Waals surface area contributed by atoms with Crippen LogP contribution >= 0.6 is 23.2 Å². The van der Waals surface area contributed by atoms with Gasteiger partial charge in [0.25, 0.3) is 10.1 Å². The molecule has 8 nitrogen and oxygen atoms in total. The molecule has 0 saturated heterocycles. The number of nitrogen functional groups attached to an aromatic ring is 1. The molecule has 3 rings (SSSR count). The molecule has 0 unspecified atom stereocenters. The van der Waals surface area contributed by atoms with E-state index in [1.807, 2.05) is 0 Å². The van der Waals surface area contributed by atoms with Crippen LogP contribution in [0.25, 0.3) is 0 Å². The molecule has 0 bridgehead atoms. The van der Waals surface area contributed by atoms with Crippen molar-refractivity contribution in [1.29, 1.82) is 0 Å². The van der Waals surface area contributed by atoms with Crippen molar-refractivity contribution < 1.29 is 30.1 Å². The number of nitrogens with zero attached hydrogens (tertiary/aromatic N) is 1. The maximum atomic E-state index is 11.6. The molecule has 3 aromatic rings. The van der Waals surface area contributed by atoms with Gasteiger partial charge in [0, 0.05) is 12.1 Å². The molecule has 0 aliphatic carbocycles. The van der Waals surface area contributed by atoms with Gasteiger partial charge in [0.1, 0.15) is 16.4 Å². The van der Waals surface area contributed by atoms with Crippen molar-refractivity contribution >= 4 is 55.2 Å². The fourth-order valence-electron chi connectivity index (χ4n) is 2.44. The summed E-state index contributed by atoms with van der Waals surface area (Å²) in [5.74, 6) is 0.278. The Morgan fingerprint density at radius 3 is 2.06 bits per heavy atom. The van der Waals surface area contributed by atoms with E-state index >= 15 is 0 Å². The Bertz CT molecular complexity index is 1320. The van der Waals surface area contributed by atoms with Crippen molar-refractivity contribution in [3.63, 3.8) is 0 Å². The van der Waals surface area contributed by atoms with Gasteiger partial charge in [-0.05, 0) is 37.3 Å². The van der Waals surface area contributed by atoms with E-state index < -0.39 is 25.5 Å². The maximum absolute atomic E-state index is 11.6. The van der Waals surface area contributed by atoms with Gasteiger partial charge < -0.3 is 10.5 Å². The molecule has 32 heavy (non-hydrogen) atoms. The first kappa shape index (κ1) is 25.6. The lowest BCUT2D eigenvalue weighted by Crippen LogP contribution is -2.06. The quantitative estimate of drug-likeness (QED) is 0.276. The third kappa shape index (κ3) is 6.94. The molecule has 0 amide bonds. The number of para-hydroxylation sites is 2. The number of nitrogens with two attached hydrogens (primary N) is 1. The number of anilines is 1. The Hall–Kier alpha value is -2.63. The first-order valence-electron chi connectivity index (χ1n) is 8.95. The van der Waals surface area contributed by atoms with E-state index in [0.29, 0.717) is 21.5 Å². The van der Waals surface area contributed by atoms with E-state index in [1.54, 1.807) is 55.5 Å². The highest BCUT2D eigenvalue weighted by Gasteiger charge is 2.22. The second kappa shape index (κ2) is 11.3. The molecule has 0 saturated carbocycles. The van der Waals surface area contributed by atoms with Crippen LogP contribution in [-0.2, 0) is 20.6 Å². The van der Waals surface area contributed by atoms with Gasteiger partial charge in [0.2, 0.25) is 5.69 Å². The number of rotatable bonds is 5. The molecule has 3 N–H and O–H groups in total. The van der Waals surface area contributed by atoms with E-state index in [1.165, 1.54) is 12.1 Å². The standard InChI is InChI=1S/C14H13NO6S2.C6H5Cl2N/c1-2-15(22(16)17)11-8-9-13(14(10-11)23(18,19)20)21-12-6-4-3-5-7-12;7-4-2-1-3-5(8)6(4)9/h3-10H,2H2,1H3;1-3H,9H2/p+1. The third-order valence-electron chi connectivity index (χ3n) is 3.93. The molecule has 0 fully saturated rings. The summed E-state index contributed by atoms with van der Waals surface area (Å²) in [5, 5.41) is 1.00. The van der Waals surface area contributed by atoms with Crippen molar-refractivity contribution in [1.82, 2.24) is 0 Å². The summed E-state index contributed by atoms with van der Waals surface area (Å²) < 4.78 is 61.2. The maximum Gasteiger partial charge on any atom is 0.465 e. The van der Waals surface area contributed by atoms with E-state index in [2.05, 4.69) is 0 Å². The molecule has 0 radical (unpaired) electrons. The van der Waals surface area contributed by atoms with Crippen molar-refractivity contribution in [2.75, 3.05) is 12.3 Å². The molecule has 0 aliphatic rings. The van der Waals surface area contributed by atoms with Crippen LogP contribution in [0.15, 0.2) is 71.6 Å². The fourth-order valence-corrected chi connectivity index (χ4v) is 3.97. The van der Waals surface area contributed by atoms with Gasteiger partial charge in [-0.15, -0.1) is 8.42 Å². The predicted molar refractivity (Wildman–Crippen MR) is 123 cm³/mol. The highest BCUT2D eigenvalue weighted by molar-refractivity contribution is 7.86. The predicted octanol–water partition coefficient (Wildman–Crippen LogP) is 5.03. The fraction of sp³-hybridized carbons (Fsp3) is 0.100. The lowest BCUT2D eigenvalue weighted by molar-refractivity contribution is -0.410. The molecule has 0 aromatic heterocycles. The average molecular weight is 518 g/mol. The summed E-state index contributed by atoms with van der Waals surface area (Å²) in [5.41, 5.74) is 5.97. The summed E-state index contributed by atoms with van der Waals surface area (Å²) in [6.45, 7) is 1.71. The summed E-state index contributed by atoms with van der Waals surface area (Å²) in [4.78, 5) is -0.511. The van der Waals surface area contributed by atoms with Crippen LogP contribution in [-0.4, -0.2) is 31.9 Å². The molecule has 0 aliphatic heterocycles. The van der Waals surface area contributed by atoms with E-state index in [4.69, 9.17) is 33.7 Å². The van der Waals surface area contributed by atoms with Gasteiger partial charge in [0.15, 0.2) is 6.54 Å². The minimum absolute atomic E-state index is 0.102. The first-order chi connectivity index (χ1) is 15.0. The van der Waals surface area contributed by atoms with Crippen LogP contribution in [0.1, 0.15) is 6.92 Å². The molecule has 0 atom stereocenters. The second-order valence-corrected chi connectivity index (χ2v) is 9.15. The Balaban J connectivity index is 0.000000336. The topological polar surface area (TPSA) is 127 Å². The molecule has 12 heteroatoms. The van der Waals surface area contributed by atoms with Gasteiger partial charge in [-0.3, -0.25) is 4.55 Å².